The van der Waals surface area contributed by atoms with Crippen LogP contribution in [0.5, 0.6) is 5.75 Å². The van der Waals surface area contributed by atoms with Gasteiger partial charge in [-0.05, 0) is 30.2 Å². The first-order valence-electron chi connectivity index (χ1n) is 6.96. The number of ether oxygens (including phenoxy) is 1. The van der Waals surface area contributed by atoms with Crippen molar-refractivity contribution in [1.29, 1.82) is 0 Å². The minimum absolute atomic E-state index is 0. The van der Waals surface area contributed by atoms with E-state index in [-0.39, 0.29) is 12.3 Å². The van der Waals surface area contributed by atoms with Crippen molar-refractivity contribution in [3.63, 3.8) is 0 Å². The first kappa shape index (κ1) is 22.0. The second-order valence-corrected chi connectivity index (χ2v) is 4.79. The number of nitrogens with one attached hydrogen (secondary N) is 1. The van der Waals surface area contributed by atoms with Gasteiger partial charge in [0.15, 0.2) is 0 Å². The van der Waals surface area contributed by atoms with Crippen molar-refractivity contribution < 1.29 is 32.6 Å². The molecule has 0 fully saturated rings. The minimum Gasteiger partial charge on any atom is -0.521 e. The second kappa shape index (κ2) is 9.96. The summed E-state index contributed by atoms with van der Waals surface area (Å²) in [4.78, 5) is 18.7. The smallest absolute Gasteiger partial charge is 0.521 e. The molecule has 2 aromatic rings. The van der Waals surface area contributed by atoms with Gasteiger partial charge in [0.1, 0.15) is 5.75 Å². The van der Waals surface area contributed by atoms with Gasteiger partial charge in [0, 0.05) is 0 Å². The van der Waals surface area contributed by atoms with Crippen molar-refractivity contribution in [3.8, 4) is 16.9 Å². The van der Waals surface area contributed by atoms with E-state index >= 15 is 0 Å². The van der Waals surface area contributed by atoms with Crippen LogP contribution in [0, 0.1) is 6.92 Å². The van der Waals surface area contributed by atoms with Crippen LogP contribution in [-0.2, 0) is 9.59 Å². The Morgan fingerprint density at radius 2 is 1.77 bits per heavy atom. The standard InChI is InChI=1S/C14H11F3O.C3H4NO3.Fm/c1-10-5-7-11(8-6-10)12-3-2-4-13(9-12)18-14(15,16)17;5-2-4-1-3(6)7;/h2-9H,1H3;1H2,(H,4,5)(H,6,7);/q;-1;. The summed E-state index contributed by atoms with van der Waals surface area (Å²) in [5.74, 6) is -1.27. The molecule has 26 heavy (non-hydrogen) atoms. The Hall–Kier alpha value is -4.03. The summed E-state index contributed by atoms with van der Waals surface area (Å²) in [5, 5.41) is 9.65. The zero-order valence-corrected chi connectivity index (χ0v) is 15.8. The fourth-order valence-corrected chi connectivity index (χ4v) is 1.73. The van der Waals surface area contributed by atoms with Crippen molar-refractivity contribution in [2.24, 2.45) is 0 Å². The van der Waals surface area contributed by atoms with Crippen LogP contribution in [0.25, 0.3) is 11.1 Å². The van der Waals surface area contributed by atoms with E-state index in [1.54, 1.807) is 6.07 Å². The fraction of sp³-hybridized carbons (Fsp3) is 0.176. The third-order valence-electron chi connectivity index (χ3n) is 2.76. The predicted molar refractivity (Wildman–Crippen MR) is 84.6 cm³/mol. The van der Waals surface area contributed by atoms with E-state index < -0.39 is 12.3 Å². The summed E-state index contributed by atoms with van der Waals surface area (Å²) in [6, 6.07) is 13.5. The van der Waals surface area contributed by atoms with Gasteiger partial charge in [0.2, 0.25) is 0 Å². The van der Waals surface area contributed by atoms with Gasteiger partial charge < -0.3 is 20.0 Å². The molecular weight excluding hydrogens is 596 g/mol. The molecule has 2 rings (SSSR count). The van der Waals surface area contributed by atoms with Crippen molar-refractivity contribution in [2.75, 3.05) is 6.54 Å². The Morgan fingerprint density at radius 3 is 2.23 bits per heavy atom. The Morgan fingerprint density at radius 1 is 1.15 bits per heavy atom. The van der Waals surface area contributed by atoms with Crippen LogP contribution in [0.4, 0.5) is 13.2 Å². The summed E-state index contributed by atoms with van der Waals surface area (Å²) in [5.41, 5.74) is 2.64. The van der Waals surface area contributed by atoms with Crippen LogP contribution < -0.4 is 10.1 Å². The molecule has 0 heterocycles. The number of halogens is 3. The monoisotopic (exact) mass is 611 g/mol. The average molecular weight is 611 g/mol. The predicted octanol–water partition coefficient (Wildman–Crippen LogP) is 3.29. The van der Waals surface area contributed by atoms with E-state index in [0.717, 1.165) is 11.1 Å². The van der Waals surface area contributed by atoms with Crippen LogP contribution in [0.15, 0.2) is 48.5 Å². The average Bonchev–Trinajstić information content (AvgIpc) is 2.53. The number of carbonyl (C=O) groups excluding carboxylic acids is 1. The third kappa shape index (κ3) is 8.56. The number of aliphatic carboxylic acids is 1. The van der Waals surface area contributed by atoms with E-state index in [0.29, 0.717) is 5.56 Å². The number of amides is 1. The summed E-state index contributed by atoms with van der Waals surface area (Å²) < 4.78 is 40.2. The van der Waals surface area contributed by atoms with Gasteiger partial charge in [-0.25, -0.2) is 0 Å². The van der Waals surface area contributed by atoms with E-state index in [2.05, 4.69) is 4.74 Å². The van der Waals surface area contributed by atoms with Crippen LogP contribution in [-0.4, -0.2) is 30.4 Å². The zero-order chi connectivity index (χ0) is 18.9. The van der Waals surface area contributed by atoms with Crippen LogP contribution >= 0.6 is 0 Å². The molecule has 0 aromatic heterocycles. The molecule has 0 atom stereocenters. The van der Waals surface area contributed by atoms with Crippen molar-refractivity contribution in [1.82, 2.24) is 5.32 Å². The van der Waals surface area contributed by atoms with Crippen molar-refractivity contribution in [2.45, 2.75) is 13.3 Å². The number of rotatable bonds is 5. The normalized spacial score (nSPS) is 9.85. The van der Waals surface area contributed by atoms with Gasteiger partial charge in [-0.3, -0.25) is 4.79 Å². The fourth-order valence-electron chi connectivity index (χ4n) is 1.73. The summed E-state index contributed by atoms with van der Waals surface area (Å²) >= 11 is 0. The number of carboxylic acid groups (broad SMARTS) is 1. The molecule has 0 bridgehead atoms. The first-order valence-corrected chi connectivity index (χ1v) is 6.96. The largest absolute Gasteiger partial charge is 0.573 e. The van der Waals surface area contributed by atoms with Gasteiger partial charge in [-0.1, -0.05) is 42.0 Å². The van der Waals surface area contributed by atoms with E-state index in [1.807, 2.05) is 36.5 Å². The molecule has 0 aliphatic rings. The molecule has 2 N–H and O–H groups in total. The molecule has 0 aliphatic heterocycles. The second-order valence-electron chi connectivity index (χ2n) is 4.79. The maximum absolute atomic E-state index is 12.1. The van der Waals surface area contributed by atoms with Crippen LogP contribution in [0.3, 0.4) is 0 Å². The number of alkyl halides is 3. The van der Waals surface area contributed by atoms with Gasteiger partial charge in [0.25, 0.3) is 0 Å². The maximum Gasteiger partial charge on any atom is 0.573 e. The molecule has 1 amide bonds. The summed E-state index contributed by atoms with van der Waals surface area (Å²) in [6.45, 7) is 1.59. The van der Waals surface area contributed by atoms with E-state index in [4.69, 9.17) is 5.11 Å². The Kier molecular flexibility index (Phi) is 8.42. The molecule has 0 unspecified atom stereocenters. The minimum atomic E-state index is -4.66. The Labute approximate surface area is 142 Å². The van der Waals surface area contributed by atoms with Gasteiger partial charge >= 0.3 is 12.3 Å². The van der Waals surface area contributed by atoms with E-state index in [1.165, 1.54) is 24.6 Å². The number of hydrogen-bond acceptors (Lipinski definition) is 3. The van der Waals surface area contributed by atoms with Crippen LogP contribution in [0.1, 0.15) is 5.56 Å². The zero-order valence-electron chi connectivity index (χ0n) is 13.4. The van der Waals surface area contributed by atoms with Crippen molar-refractivity contribution in [3.05, 3.63) is 54.1 Å². The summed E-state index contributed by atoms with van der Waals surface area (Å²) in [7, 11) is 0. The molecule has 9 heteroatoms. The SMILES string of the molecule is Cc1ccc(-c2cccc(OC(F)(F)F)c2)cc1.O=[C-]NCC(=O)O.[Fm]. The Balaban J connectivity index is 0.000000673. The summed E-state index contributed by atoms with van der Waals surface area (Å²) in [6.07, 6.45) is -3.44. The van der Waals surface area contributed by atoms with Crippen molar-refractivity contribution >= 4 is 12.4 Å². The maximum atomic E-state index is 12.1. The third-order valence-corrected chi connectivity index (χ3v) is 2.76. The molecule has 0 saturated carbocycles. The quantitative estimate of drug-likeness (QED) is 0.403. The number of benzene rings is 2. The van der Waals surface area contributed by atoms with Gasteiger partial charge in [-0.15, -0.1) is 13.2 Å². The molecule has 146 valence electrons. The van der Waals surface area contributed by atoms with Crippen LogP contribution in [0.2, 0.25) is 0 Å². The first-order chi connectivity index (χ1) is 11.7. The number of carboxylic acids is 1. The molecule has 0 saturated heterocycles. The van der Waals surface area contributed by atoms with Gasteiger partial charge in [-0.2, -0.15) is 6.41 Å². The topological polar surface area (TPSA) is 75.6 Å². The molecule has 0 radical (unpaired) electrons. The molecule has 2 aromatic carbocycles. The van der Waals surface area contributed by atoms with Gasteiger partial charge in [0.05, 0.1) is 6.54 Å². The molecule has 0 aliphatic carbocycles. The number of aryl methyl sites for hydroxylation is 1. The molecule has 0 spiro atoms. The number of hydrogen-bond donors (Lipinski definition) is 2. The molecular formula is C17H15F3FmNO4-. The number of carbonyl (C=O) groups is 1. The van der Waals surface area contributed by atoms with E-state index in [9.17, 15) is 22.8 Å². The Bertz CT molecular complexity index is 706. The molecule has 5 nitrogen and oxygen atoms in total.